The molecule has 5 nitrogen and oxygen atoms in total. The van der Waals surface area contributed by atoms with Gasteiger partial charge in [0.15, 0.2) is 0 Å². The Morgan fingerprint density at radius 2 is 1.56 bits per heavy atom. The SMILES string of the molecule is CS(=O)(=O)N1C(=O)[C@@H]2[C@H](C1=O)[C@@H]1C=C[C@H]2C1. The molecule has 0 spiro atoms. The van der Waals surface area contributed by atoms with Gasteiger partial charge in [0.25, 0.3) is 0 Å². The minimum Gasteiger partial charge on any atom is -0.273 e. The van der Waals surface area contributed by atoms with Gasteiger partial charge in [0.05, 0.1) is 18.1 Å². The summed E-state index contributed by atoms with van der Waals surface area (Å²) in [6.07, 6.45) is 5.58. The van der Waals surface area contributed by atoms with Gasteiger partial charge in [-0.05, 0) is 18.3 Å². The summed E-state index contributed by atoms with van der Waals surface area (Å²) < 4.78 is 23.2. The van der Waals surface area contributed by atoms with Crippen LogP contribution in [0.2, 0.25) is 0 Å². The van der Waals surface area contributed by atoms with E-state index in [1.165, 1.54) is 0 Å². The molecule has 0 aromatic carbocycles. The first kappa shape index (κ1) is 10.0. The molecule has 2 aliphatic carbocycles. The lowest BCUT2D eigenvalue weighted by Crippen LogP contribution is -2.37. The van der Waals surface area contributed by atoms with Crippen LogP contribution in [0.15, 0.2) is 12.2 Å². The first-order valence-electron chi connectivity index (χ1n) is 5.17. The number of hydrogen-bond donors (Lipinski definition) is 0. The highest BCUT2D eigenvalue weighted by molar-refractivity contribution is 7.89. The average molecular weight is 241 g/mol. The maximum atomic E-state index is 11.9. The van der Waals surface area contributed by atoms with Gasteiger partial charge >= 0.3 is 0 Å². The molecule has 3 rings (SSSR count). The molecule has 1 saturated heterocycles. The van der Waals surface area contributed by atoms with E-state index in [9.17, 15) is 18.0 Å². The van der Waals surface area contributed by atoms with Gasteiger partial charge < -0.3 is 0 Å². The summed E-state index contributed by atoms with van der Waals surface area (Å²) in [5.74, 6) is -1.82. The Kier molecular flexibility index (Phi) is 1.71. The standard InChI is InChI=1S/C10H11NO4S/c1-16(14,15)11-9(12)7-5-2-3-6(4-5)8(7)10(11)13/h2-3,5-8H,4H2,1H3/t5-,6+,7-,8+. The highest BCUT2D eigenvalue weighted by atomic mass is 32.2. The summed E-state index contributed by atoms with van der Waals surface area (Å²) in [5, 5.41) is 0. The summed E-state index contributed by atoms with van der Waals surface area (Å²) in [6.45, 7) is 0. The van der Waals surface area contributed by atoms with Crippen molar-refractivity contribution in [2.75, 3.05) is 6.26 Å². The van der Waals surface area contributed by atoms with E-state index < -0.39 is 33.7 Å². The molecule has 86 valence electrons. The maximum absolute atomic E-state index is 11.9. The van der Waals surface area contributed by atoms with E-state index in [-0.39, 0.29) is 11.8 Å². The van der Waals surface area contributed by atoms with Crippen LogP contribution in [0.4, 0.5) is 0 Å². The number of carbonyl (C=O) groups excluding carboxylic acids is 2. The van der Waals surface area contributed by atoms with Crippen molar-refractivity contribution in [1.82, 2.24) is 4.31 Å². The van der Waals surface area contributed by atoms with E-state index in [1.54, 1.807) is 0 Å². The van der Waals surface area contributed by atoms with Crippen molar-refractivity contribution in [2.45, 2.75) is 6.42 Å². The maximum Gasteiger partial charge on any atom is 0.247 e. The molecule has 3 aliphatic rings. The van der Waals surface area contributed by atoms with Crippen LogP contribution in [0.3, 0.4) is 0 Å². The summed E-state index contributed by atoms with van der Waals surface area (Å²) in [6, 6.07) is 0. The number of sulfonamides is 1. The van der Waals surface area contributed by atoms with E-state index in [0.717, 1.165) is 12.7 Å². The Morgan fingerprint density at radius 1 is 1.12 bits per heavy atom. The van der Waals surface area contributed by atoms with Crippen LogP contribution >= 0.6 is 0 Å². The highest BCUT2D eigenvalue weighted by Gasteiger charge is 2.61. The third-order valence-corrected chi connectivity index (χ3v) is 4.78. The average Bonchev–Trinajstić information content (AvgIpc) is 2.77. The van der Waals surface area contributed by atoms with Crippen molar-refractivity contribution >= 4 is 21.8 Å². The Hall–Kier alpha value is -1.17. The molecule has 16 heavy (non-hydrogen) atoms. The van der Waals surface area contributed by atoms with Crippen molar-refractivity contribution in [3.05, 3.63) is 12.2 Å². The molecule has 2 amide bonds. The molecule has 2 fully saturated rings. The summed E-state index contributed by atoms with van der Waals surface area (Å²) >= 11 is 0. The Labute approximate surface area is 93.2 Å². The van der Waals surface area contributed by atoms with E-state index in [1.807, 2.05) is 12.2 Å². The fourth-order valence-electron chi connectivity index (χ4n) is 3.20. The summed E-state index contributed by atoms with van der Waals surface area (Å²) in [4.78, 5) is 23.9. The molecule has 1 saturated carbocycles. The van der Waals surface area contributed by atoms with E-state index >= 15 is 0 Å². The molecular formula is C10H11NO4S. The summed E-state index contributed by atoms with van der Waals surface area (Å²) in [5.41, 5.74) is 0. The van der Waals surface area contributed by atoms with Crippen LogP contribution in [-0.2, 0) is 19.6 Å². The molecule has 1 aliphatic heterocycles. The van der Waals surface area contributed by atoms with E-state index in [4.69, 9.17) is 0 Å². The normalized spacial score (nSPS) is 40.9. The van der Waals surface area contributed by atoms with Crippen LogP contribution in [0, 0.1) is 23.7 Å². The van der Waals surface area contributed by atoms with Crippen molar-refractivity contribution in [3.63, 3.8) is 0 Å². The number of imide groups is 1. The Bertz CT molecular complexity index is 491. The Balaban J connectivity index is 2.08. The molecule has 0 radical (unpaired) electrons. The third-order valence-electron chi connectivity index (χ3n) is 3.76. The smallest absolute Gasteiger partial charge is 0.247 e. The molecule has 0 aromatic heterocycles. The zero-order chi connectivity index (χ0) is 11.7. The van der Waals surface area contributed by atoms with Crippen LogP contribution in [0.5, 0.6) is 0 Å². The second-order valence-electron chi connectivity index (χ2n) is 4.70. The Morgan fingerprint density at radius 3 is 1.94 bits per heavy atom. The number of allylic oxidation sites excluding steroid dienone is 2. The predicted octanol–water partition coefficient (Wildman–Crippen LogP) is -0.247. The molecule has 0 aromatic rings. The number of carbonyl (C=O) groups is 2. The van der Waals surface area contributed by atoms with Crippen molar-refractivity contribution < 1.29 is 18.0 Å². The van der Waals surface area contributed by atoms with Gasteiger partial charge in [0.2, 0.25) is 21.8 Å². The van der Waals surface area contributed by atoms with Gasteiger partial charge in [0.1, 0.15) is 0 Å². The second kappa shape index (κ2) is 2.74. The van der Waals surface area contributed by atoms with E-state index in [0.29, 0.717) is 4.31 Å². The second-order valence-corrected chi connectivity index (χ2v) is 6.53. The first-order chi connectivity index (χ1) is 7.41. The lowest BCUT2D eigenvalue weighted by Gasteiger charge is -2.14. The fraction of sp³-hybridized carbons (Fsp3) is 0.600. The molecule has 0 N–H and O–H groups in total. The third kappa shape index (κ3) is 1.03. The van der Waals surface area contributed by atoms with Crippen LogP contribution in [-0.4, -0.2) is 30.8 Å². The number of fused-ring (bicyclic) bond motifs is 5. The lowest BCUT2D eigenvalue weighted by molar-refractivity contribution is -0.134. The van der Waals surface area contributed by atoms with Crippen molar-refractivity contribution in [1.29, 1.82) is 0 Å². The van der Waals surface area contributed by atoms with Crippen molar-refractivity contribution in [3.8, 4) is 0 Å². The molecular weight excluding hydrogens is 230 g/mol. The summed E-state index contributed by atoms with van der Waals surface area (Å²) in [7, 11) is -3.76. The largest absolute Gasteiger partial charge is 0.273 e. The van der Waals surface area contributed by atoms with Crippen LogP contribution in [0.25, 0.3) is 0 Å². The van der Waals surface area contributed by atoms with Gasteiger partial charge in [-0.15, -0.1) is 0 Å². The molecule has 6 heteroatoms. The van der Waals surface area contributed by atoms with Gasteiger partial charge in [0, 0.05) is 0 Å². The first-order valence-corrected chi connectivity index (χ1v) is 7.02. The number of hydrogen-bond acceptors (Lipinski definition) is 4. The van der Waals surface area contributed by atoms with Crippen LogP contribution < -0.4 is 0 Å². The molecule has 2 bridgehead atoms. The monoisotopic (exact) mass is 241 g/mol. The number of nitrogens with zero attached hydrogens (tertiary/aromatic N) is 1. The van der Waals surface area contributed by atoms with Crippen molar-refractivity contribution in [2.24, 2.45) is 23.7 Å². The topological polar surface area (TPSA) is 71.5 Å². The quantitative estimate of drug-likeness (QED) is 0.469. The molecule has 1 heterocycles. The molecule has 0 unspecified atom stereocenters. The van der Waals surface area contributed by atoms with Gasteiger partial charge in [-0.3, -0.25) is 9.59 Å². The number of amides is 2. The highest BCUT2D eigenvalue weighted by Crippen LogP contribution is 2.52. The predicted molar refractivity (Wildman–Crippen MR) is 54.4 cm³/mol. The number of rotatable bonds is 1. The van der Waals surface area contributed by atoms with Gasteiger partial charge in [-0.2, -0.15) is 4.31 Å². The minimum absolute atomic E-state index is 0.0539. The van der Waals surface area contributed by atoms with E-state index in [2.05, 4.69) is 0 Å². The van der Waals surface area contributed by atoms with Gasteiger partial charge in [-0.25, -0.2) is 8.42 Å². The fourth-order valence-corrected chi connectivity index (χ4v) is 4.10. The van der Waals surface area contributed by atoms with Gasteiger partial charge in [-0.1, -0.05) is 12.2 Å². The molecule has 4 atom stereocenters. The zero-order valence-electron chi connectivity index (χ0n) is 8.66. The zero-order valence-corrected chi connectivity index (χ0v) is 9.48. The lowest BCUT2D eigenvalue weighted by atomic mass is 9.85. The van der Waals surface area contributed by atoms with Crippen LogP contribution in [0.1, 0.15) is 6.42 Å². The minimum atomic E-state index is -3.76.